The molecular weight excluding hydrogens is 332 g/mol. The Morgan fingerprint density at radius 2 is 2.00 bits per heavy atom. The van der Waals surface area contributed by atoms with Crippen LogP contribution in [0.15, 0.2) is 29.4 Å². The van der Waals surface area contributed by atoms with Crippen LogP contribution in [0.4, 0.5) is 5.82 Å². The Labute approximate surface area is 152 Å². The molecule has 3 N–H and O–H groups in total. The number of benzene rings is 1. The number of rotatable bonds is 5. The van der Waals surface area contributed by atoms with Crippen LogP contribution >= 0.6 is 11.8 Å². The van der Waals surface area contributed by atoms with Crippen LogP contribution in [0.5, 0.6) is 0 Å². The minimum absolute atomic E-state index is 0.0103. The Morgan fingerprint density at radius 1 is 1.24 bits per heavy atom. The number of anilines is 1. The van der Waals surface area contributed by atoms with E-state index >= 15 is 0 Å². The van der Waals surface area contributed by atoms with E-state index < -0.39 is 0 Å². The van der Waals surface area contributed by atoms with Crippen LogP contribution in [-0.2, 0) is 17.6 Å². The summed E-state index contributed by atoms with van der Waals surface area (Å²) in [4.78, 5) is 20.7. The Bertz CT molecular complexity index is 758. The molecule has 1 heterocycles. The first-order valence-corrected chi connectivity index (χ1v) is 9.65. The molecule has 0 saturated carbocycles. The van der Waals surface area contributed by atoms with E-state index in [2.05, 4.69) is 33.5 Å². The molecule has 0 aliphatic heterocycles. The Hall–Kier alpha value is -2.08. The molecule has 1 atom stereocenters. The zero-order valence-corrected chi connectivity index (χ0v) is 15.5. The lowest BCUT2D eigenvalue weighted by Crippen LogP contribution is -2.28. The number of hydrogen-bond donors (Lipinski definition) is 2. The molecule has 2 aromatic rings. The first-order chi connectivity index (χ1) is 12.0. The highest BCUT2D eigenvalue weighted by Crippen LogP contribution is 2.25. The molecule has 25 heavy (non-hydrogen) atoms. The third kappa shape index (κ3) is 4.72. The summed E-state index contributed by atoms with van der Waals surface area (Å²) in [6, 6.07) is 8.29. The summed E-state index contributed by atoms with van der Waals surface area (Å²) >= 11 is 1.30. The number of thioether (sulfide) groups is 1. The quantitative estimate of drug-likeness (QED) is 0.635. The zero-order valence-electron chi connectivity index (χ0n) is 14.7. The Kier molecular flexibility index (Phi) is 5.58. The number of nitrogen functional groups attached to an aromatic ring is 1. The fourth-order valence-corrected chi connectivity index (χ4v) is 3.87. The van der Waals surface area contributed by atoms with E-state index in [0.717, 1.165) is 17.7 Å². The summed E-state index contributed by atoms with van der Waals surface area (Å²) in [5, 5.41) is 3.59. The fourth-order valence-electron chi connectivity index (χ4n) is 3.15. The van der Waals surface area contributed by atoms with Gasteiger partial charge in [0.05, 0.1) is 11.8 Å². The number of amides is 1. The average molecular weight is 356 g/mol. The van der Waals surface area contributed by atoms with E-state index in [0.29, 0.717) is 11.0 Å². The summed E-state index contributed by atoms with van der Waals surface area (Å²) in [5.74, 6) is 0.676. The Balaban J connectivity index is 1.57. The van der Waals surface area contributed by atoms with Crippen molar-refractivity contribution < 1.29 is 4.79 Å². The Morgan fingerprint density at radius 3 is 2.76 bits per heavy atom. The van der Waals surface area contributed by atoms with Crippen molar-refractivity contribution >= 4 is 23.5 Å². The molecule has 0 bridgehead atoms. The highest BCUT2D eigenvalue weighted by molar-refractivity contribution is 7.99. The number of carbonyl (C=O) groups is 1. The number of nitrogens with one attached hydrogen (secondary N) is 1. The highest BCUT2D eigenvalue weighted by atomic mass is 32.2. The number of aromatic nitrogens is 2. The maximum Gasteiger partial charge on any atom is 0.230 e. The molecule has 1 aromatic carbocycles. The van der Waals surface area contributed by atoms with Crippen LogP contribution < -0.4 is 11.1 Å². The largest absolute Gasteiger partial charge is 0.384 e. The lowest BCUT2D eigenvalue weighted by atomic mass is 9.89. The molecule has 1 aromatic heterocycles. The predicted octanol–water partition coefficient (Wildman–Crippen LogP) is 3.22. The number of nitrogens with zero attached hydrogens (tertiary/aromatic N) is 2. The van der Waals surface area contributed by atoms with Crippen molar-refractivity contribution in [3.8, 4) is 0 Å². The normalized spacial score (nSPS) is 14.6. The molecule has 0 fully saturated rings. The summed E-state index contributed by atoms with van der Waals surface area (Å²) in [6.45, 7) is 3.88. The molecule has 1 amide bonds. The van der Waals surface area contributed by atoms with Crippen molar-refractivity contribution in [1.82, 2.24) is 15.3 Å². The second-order valence-electron chi connectivity index (χ2n) is 6.53. The van der Waals surface area contributed by atoms with Gasteiger partial charge in [-0.05, 0) is 56.2 Å². The van der Waals surface area contributed by atoms with Crippen LogP contribution in [0.3, 0.4) is 0 Å². The van der Waals surface area contributed by atoms with Gasteiger partial charge in [-0.25, -0.2) is 9.97 Å². The van der Waals surface area contributed by atoms with E-state index in [1.165, 1.54) is 42.2 Å². The van der Waals surface area contributed by atoms with Crippen molar-refractivity contribution in [2.24, 2.45) is 0 Å². The number of aryl methyl sites for hydroxylation is 3. The minimum Gasteiger partial charge on any atom is -0.384 e. The minimum atomic E-state index is -0.0288. The van der Waals surface area contributed by atoms with Gasteiger partial charge >= 0.3 is 0 Å². The molecular formula is C19H24N4OS. The number of fused-ring (bicyclic) bond motifs is 1. The molecule has 1 aliphatic carbocycles. The van der Waals surface area contributed by atoms with Crippen molar-refractivity contribution in [2.45, 2.75) is 50.7 Å². The molecule has 132 valence electrons. The topological polar surface area (TPSA) is 80.9 Å². The predicted molar refractivity (Wildman–Crippen MR) is 102 cm³/mol. The molecule has 0 unspecified atom stereocenters. The van der Waals surface area contributed by atoms with Gasteiger partial charge in [0, 0.05) is 11.8 Å². The third-order valence-corrected chi connectivity index (χ3v) is 5.28. The van der Waals surface area contributed by atoms with Crippen molar-refractivity contribution in [3.63, 3.8) is 0 Å². The first kappa shape index (κ1) is 17.7. The average Bonchev–Trinajstić information content (AvgIpc) is 2.58. The van der Waals surface area contributed by atoms with E-state index in [-0.39, 0.29) is 17.7 Å². The van der Waals surface area contributed by atoms with E-state index in [9.17, 15) is 4.79 Å². The number of hydrogen-bond acceptors (Lipinski definition) is 5. The van der Waals surface area contributed by atoms with Crippen LogP contribution in [0.25, 0.3) is 0 Å². The van der Waals surface area contributed by atoms with Crippen molar-refractivity contribution in [1.29, 1.82) is 0 Å². The van der Waals surface area contributed by atoms with Gasteiger partial charge in [0.25, 0.3) is 0 Å². The van der Waals surface area contributed by atoms with Gasteiger partial charge in [-0.15, -0.1) is 0 Å². The standard InChI is InChI=1S/C19H24N4OS/c1-12-9-17(20)23-19(21-12)25-11-18(24)22-13(2)15-8-7-14-5-3-4-6-16(14)10-15/h7-10,13H,3-6,11H2,1-2H3,(H,22,24)(H2,20,21,23)/t13-/m1/s1. The molecule has 0 saturated heterocycles. The maximum atomic E-state index is 12.2. The molecule has 6 heteroatoms. The summed E-state index contributed by atoms with van der Waals surface area (Å²) in [6.07, 6.45) is 4.85. The second kappa shape index (κ2) is 7.87. The van der Waals surface area contributed by atoms with E-state index in [1.807, 2.05) is 13.8 Å². The molecule has 0 spiro atoms. The fraction of sp³-hybridized carbons (Fsp3) is 0.421. The van der Waals surface area contributed by atoms with Crippen molar-refractivity contribution in [3.05, 3.63) is 46.6 Å². The van der Waals surface area contributed by atoms with Crippen LogP contribution in [0, 0.1) is 6.92 Å². The van der Waals surface area contributed by atoms with Gasteiger partial charge < -0.3 is 11.1 Å². The smallest absolute Gasteiger partial charge is 0.230 e. The summed E-state index contributed by atoms with van der Waals surface area (Å²) in [5.41, 5.74) is 10.6. The molecule has 0 radical (unpaired) electrons. The van der Waals surface area contributed by atoms with Gasteiger partial charge in [0.1, 0.15) is 5.82 Å². The van der Waals surface area contributed by atoms with E-state index in [4.69, 9.17) is 5.73 Å². The maximum absolute atomic E-state index is 12.2. The monoisotopic (exact) mass is 356 g/mol. The van der Waals surface area contributed by atoms with Crippen LogP contribution in [-0.4, -0.2) is 21.6 Å². The highest BCUT2D eigenvalue weighted by Gasteiger charge is 2.14. The third-order valence-electron chi connectivity index (χ3n) is 4.44. The van der Waals surface area contributed by atoms with Crippen LogP contribution in [0.2, 0.25) is 0 Å². The molecule has 5 nitrogen and oxygen atoms in total. The summed E-state index contributed by atoms with van der Waals surface area (Å²) in [7, 11) is 0. The molecule has 3 rings (SSSR count). The van der Waals surface area contributed by atoms with Gasteiger partial charge in [-0.3, -0.25) is 4.79 Å². The van der Waals surface area contributed by atoms with Gasteiger partial charge in [-0.1, -0.05) is 30.0 Å². The first-order valence-electron chi connectivity index (χ1n) is 8.66. The number of nitrogens with two attached hydrogens (primary N) is 1. The SMILES string of the molecule is Cc1cc(N)nc(SCC(=O)N[C@H](C)c2ccc3c(c2)CCCC3)n1. The van der Waals surface area contributed by atoms with Crippen LogP contribution in [0.1, 0.15) is 48.2 Å². The van der Waals surface area contributed by atoms with E-state index in [1.54, 1.807) is 6.07 Å². The van der Waals surface area contributed by atoms with Gasteiger partial charge in [0.2, 0.25) is 5.91 Å². The zero-order chi connectivity index (χ0) is 17.8. The van der Waals surface area contributed by atoms with Gasteiger partial charge in [-0.2, -0.15) is 0 Å². The lowest BCUT2D eigenvalue weighted by Gasteiger charge is -2.20. The molecule has 1 aliphatic rings. The second-order valence-corrected chi connectivity index (χ2v) is 7.47. The van der Waals surface area contributed by atoms with Gasteiger partial charge in [0.15, 0.2) is 5.16 Å². The lowest BCUT2D eigenvalue weighted by molar-refractivity contribution is -0.119. The summed E-state index contributed by atoms with van der Waals surface area (Å²) < 4.78 is 0. The number of carbonyl (C=O) groups excluding carboxylic acids is 1. The van der Waals surface area contributed by atoms with Crippen molar-refractivity contribution in [2.75, 3.05) is 11.5 Å².